The van der Waals surface area contributed by atoms with E-state index in [2.05, 4.69) is 26.0 Å². The van der Waals surface area contributed by atoms with Crippen LogP contribution in [0, 0.1) is 0 Å². The summed E-state index contributed by atoms with van der Waals surface area (Å²) < 4.78 is 0. The molecule has 0 spiro atoms. The molecule has 0 heterocycles. The highest BCUT2D eigenvalue weighted by Crippen LogP contribution is 1.81. The molecule has 0 heteroatoms. The molecule has 10 heavy (non-hydrogen) atoms. The molecule has 0 aliphatic heterocycles. The Morgan fingerprint density at radius 3 is 1.00 bits per heavy atom. The van der Waals surface area contributed by atoms with Crippen LogP contribution in [0.15, 0.2) is 12.2 Å². The predicted molar refractivity (Wildman–Crippen MR) is 56.6 cm³/mol. The maximum Gasteiger partial charge on any atom is -0.0379 e. The molecule has 68 valence electrons. The Hall–Kier alpha value is -0.260. The van der Waals surface area contributed by atoms with Crippen molar-refractivity contribution in [3.63, 3.8) is 0 Å². The Balaban J connectivity index is -0.0000000208. The van der Waals surface area contributed by atoms with Crippen LogP contribution in [0.4, 0.5) is 0 Å². The van der Waals surface area contributed by atoms with Crippen LogP contribution in [0.5, 0.6) is 0 Å². The zero-order valence-corrected chi connectivity index (χ0v) is 4.57. The summed E-state index contributed by atoms with van der Waals surface area (Å²) in [5, 5.41) is 0. The lowest BCUT2D eigenvalue weighted by atomic mass is 10.4. The molecule has 0 radical (unpaired) electrons. The van der Waals surface area contributed by atoms with Crippen molar-refractivity contribution in [3.8, 4) is 0 Å². The van der Waals surface area contributed by atoms with Crippen molar-refractivity contribution < 1.29 is 0 Å². The van der Waals surface area contributed by atoms with E-state index >= 15 is 0 Å². The largest absolute Gasteiger partial charge is 0.0888 e. The first-order chi connectivity index (χ1) is 2.91. The number of hydrogen-bond acceptors (Lipinski definition) is 0. The van der Waals surface area contributed by atoms with E-state index in [1.807, 2.05) is 0 Å². The molecule has 0 aliphatic carbocycles. The van der Waals surface area contributed by atoms with E-state index in [9.17, 15) is 0 Å². The summed E-state index contributed by atoms with van der Waals surface area (Å²) in [6.07, 6.45) is 6.71. The topological polar surface area (TPSA) is 0 Å². The summed E-state index contributed by atoms with van der Waals surface area (Å²) in [6, 6.07) is 0. The molecule has 0 saturated carbocycles. The van der Waals surface area contributed by atoms with Crippen LogP contribution in [-0.4, -0.2) is 0 Å². The average molecular weight is 148 g/mol. The summed E-state index contributed by atoms with van der Waals surface area (Å²) >= 11 is 0. The molecule has 0 aromatic rings. The van der Waals surface area contributed by atoms with Crippen LogP contribution in [0.3, 0.4) is 0 Å². The second kappa shape index (κ2) is 37.4. The fraction of sp³-hybridized carbons (Fsp3) is 0.800. The average Bonchev–Trinajstić information content (AvgIpc) is 1.61. The van der Waals surface area contributed by atoms with Gasteiger partial charge in [0.15, 0.2) is 0 Å². The van der Waals surface area contributed by atoms with Crippen molar-refractivity contribution in [1.29, 1.82) is 0 Å². The lowest BCUT2D eigenvalue weighted by molar-refractivity contribution is 1.16. The third-order valence-corrected chi connectivity index (χ3v) is 0.638. The number of hydrogen-bond donors (Lipinski definition) is 0. The molecule has 0 saturated heterocycles. The van der Waals surface area contributed by atoms with Crippen LogP contribution in [0.25, 0.3) is 0 Å². The van der Waals surface area contributed by atoms with Gasteiger partial charge in [-0.2, -0.15) is 0 Å². The molecule has 0 aliphatic rings. The Morgan fingerprint density at radius 1 is 0.700 bits per heavy atom. The lowest BCUT2D eigenvalue weighted by Gasteiger charge is -1.72. The lowest BCUT2D eigenvalue weighted by Crippen LogP contribution is -1.51. The summed E-state index contributed by atoms with van der Waals surface area (Å²) in [4.78, 5) is 0. The van der Waals surface area contributed by atoms with Crippen molar-refractivity contribution in [2.24, 2.45) is 0 Å². The zero-order chi connectivity index (χ0) is 4.83. The summed E-state index contributed by atoms with van der Waals surface area (Å²) in [5.41, 5.74) is 0. The first kappa shape index (κ1) is 33.1. The minimum Gasteiger partial charge on any atom is -0.0888 e. The van der Waals surface area contributed by atoms with Gasteiger partial charge in [-0.15, -0.1) is 0 Å². The summed E-state index contributed by atoms with van der Waals surface area (Å²) in [7, 11) is 0. The fourth-order valence-electron chi connectivity index (χ4n) is 0.333. The van der Waals surface area contributed by atoms with E-state index < -0.39 is 0 Å². The van der Waals surface area contributed by atoms with Crippen molar-refractivity contribution in [2.45, 2.75) is 56.4 Å². The molecule has 0 aromatic heterocycles. The van der Waals surface area contributed by atoms with E-state index in [0.29, 0.717) is 0 Å². The maximum absolute atomic E-state index is 2.18. The van der Waals surface area contributed by atoms with Crippen molar-refractivity contribution in [1.82, 2.24) is 0 Å². The molecule has 0 N–H and O–H groups in total. The predicted octanol–water partition coefficient (Wildman–Crippen LogP) is 4.91. The maximum atomic E-state index is 2.18. The Bertz CT molecular complexity index is 29.3. The van der Waals surface area contributed by atoms with Crippen molar-refractivity contribution >= 4 is 0 Å². The molecule has 0 bridgehead atoms. The van der Waals surface area contributed by atoms with Gasteiger partial charge in [-0.25, -0.2) is 0 Å². The summed E-state index contributed by atoms with van der Waals surface area (Å²) in [6.45, 7) is 4.29. The highest BCUT2D eigenvalue weighted by Gasteiger charge is 1.60. The first-order valence-electron chi connectivity index (χ1n) is 2.56. The molecule has 0 amide bonds. The second-order valence-electron chi connectivity index (χ2n) is 1.29. The molecule has 0 fully saturated rings. The van der Waals surface area contributed by atoms with E-state index in [1.54, 1.807) is 0 Å². The monoisotopic (exact) mass is 148 g/mol. The molecule has 0 unspecified atom stereocenters. The van der Waals surface area contributed by atoms with Gasteiger partial charge in [0.1, 0.15) is 0 Å². The van der Waals surface area contributed by atoms with Gasteiger partial charge in [-0.05, 0) is 12.8 Å². The quantitative estimate of drug-likeness (QED) is 0.488. The first-order valence-corrected chi connectivity index (χ1v) is 2.56. The van der Waals surface area contributed by atoms with Gasteiger partial charge in [0.05, 0.1) is 0 Å². The minimum absolute atomic E-state index is 0. The Kier molecular flexibility index (Phi) is 124. The number of allylic oxidation sites excluding steroid dienone is 2. The fourth-order valence-corrected chi connectivity index (χ4v) is 0.333. The van der Waals surface area contributed by atoms with Gasteiger partial charge < -0.3 is 0 Å². The van der Waals surface area contributed by atoms with Gasteiger partial charge in [0, 0.05) is 0 Å². The van der Waals surface area contributed by atoms with E-state index in [-0.39, 0.29) is 29.7 Å². The van der Waals surface area contributed by atoms with Gasteiger partial charge in [-0.1, -0.05) is 55.7 Å². The van der Waals surface area contributed by atoms with Crippen LogP contribution in [0.2, 0.25) is 0 Å². The van der Waals surface area contributed by atoms with Crippen LogP contribution in [0.1, 0.15) is 56.4 Å². The van der Waals surface area contributed by atoms with Crippen molar-refractivity contribution in [3.05, 3.63) is 12.2 Å². The van der Waals surface area contributed by atoms with E-state index in [0.717, 1.165) is 0 Å². The number of rotatable bonds is 2. The SMILES string of the molecule is C.C.C.C.CCC=CCC. The van der Waals surface area contributed by atoms with E-state index in [4.69, 9.17) is 0 Å². The van der Waals surface area contributed by atoms with Crippen LogP contribution in [-0.2, 0) is 0 Å². The van der Waals surface area contributed by atoms with Crippen LogP contribution >= 0.6 is 0 Å². The molecular formula is C10H28. The van der Waals surface area contributed by atoms with Gasteiger partial charge in [0.2, 0.25) is 0 Å². The minimum atomic E-state index is 0. The third kappa shape index (κ3) is 46.8. The molecular weight excluding hydrogens is 120 g/mol. The second-order valence-corrected chi connectivity index (χ2v) is 1.29. The Morgan fingerprint density at radius 2 is 0.900 bits per heavy atom. The normalized spacial score (nSPS) is 6.20. The molecule has 0 nitrogen and oxygen atoms in total. The molecule has 0 aromatic carbocycles. The third-order valence-electron chi connectivity index (χ3n) is 0.638. The molecule has 0 rings (SSSR count). The van der Waals surface area contributed by atoms with E-state index in [1.165, 1.54) is 12.8 Å². The highest BCUT2D eigenvalue weighted by molar-refractivity contribution is 4.77. The van der Waals surface area contributed by atoms with Gasteiger partial charge in [-0.3, -0.25) is 0 Å². The van der Waals surface area contributed by atoms with Crippen LogP contribution < -0.4 is 0 Å². The summed E-state index contributed by atoms with van der Waals surface area (Å²) in [5.74, 6) is 0. The smallest absolute Gasteiger partial charge is 0.0379 e. The Labute approximate surface area is 69.4 Å². The van der Waals surface area contributed by atoms with Gasteiger partial charge in [0.25, 0.3) is 0 Å². The zero-order valence-electron chi connectivity index (χ0n) is 4.57. The molecule has 0 atom stereocenters. The highest BCUT2D eigenvalue weighted by atomic mass is 13.7. The van der Waals surface area contributed by atoms with Crippen molar-refractivity contribution in [2.75, 3.05) is 0 Å². The van der Waals surface area contributed by atoms with Gasteiger partial charge >= 0.3 is 0 Å². The standard InChI is InChI=1S/C6H12.4CH4/c1-3-5-6-4-2;;;;/h5-6H,3-4H2,1-2H3;4*1H4.